The monoisotopic (exact) mass is 371 g/mol. The minimum absolute atomic E-state index is 0.297. The van der Waals surface area contributed by atoms with E-state index in [0.717, 1.165) is 43.2 Å². The minimum Gasteiger partial charge on any atom is -0.490 e. The number of ether oxygens (including phenoxy) is 3. The lowest BCUT2D eigenvalue weighted by Crippen LogP contribution is -2.17. The van der Waals surface area contributed by atoms with Crippen LogP contribution in [0.25, 0.3) is 0 Å². The van der Waals surface area contributed by atoms with Crippen LogP contribution in [-0.2, 0) is 17.9 Å². The molecule has 4 nitrogen and oxygen atoms in total. The largest absolute Gasteiger partial charge is 0.490 e. The molecule has 1 N–H and O–H groups in total. The van der Waals surface area contributed by atoms with E-state index in [1.165, 1.54) is 11.1 Å². The minimum atomic E-state index is 0.297. The number of nitrogens with one attached hydrogen (secondary N) is 1. The topological polar surface area (TPSA) is 39.7 Å². The first-order chi connectivity index (χ1) is 13.1. The highest BCUT2D eigenvalue weighted by Crippen LogP contribution is 2.29. The predicted molar refractivity (Wildman–Crippen MR) is 111 cm³/mol. The lowest BCUT2D eigenvalue weighted by Gasteiger charge is -2.14. The van der Waals surface area contributed by atoms with Gasteiger partial charge >= 0.3 is 0 Å². The molecule has 27 heavy (non-hydrogen) atoms. The van der Waals surface area contributed by atoms with Crippen molar-refractivity contribution in [2.24, 2.45) is 0 Å². The lowest BCUT2D eigenvalue weighted by molar-refractivity contribution is 0.0770. The number of benzene rings is 2. The Morgan fingerprint density at radius 2 is 1.67 bits per heavy atom. The Morgan fingerprint density at radius 3 is 2.37 bits per heavy atom. The molecule has 0 saturated carbocycles. The number of hydrogen-bond acceptors (Lipinski definition) is 4. The van der Waals surface area contributed by atoms with Crippen LogP contribution in [0.2, 0.25) is 0 Å². The highest BCUT2D eigenvalue weighted by atomic mass is 16.5. The molecule has 148 valence electrons. The van der Waals surface area contributed by atoms with Gasteiger partial charge in [0.15, 0.2) is 11.5 Å². The molecule has 0 spiro atoms. The summed E-state index contributed by atoms with van der Waals surface area (Å²) in [5, 5.41) is 3.45. The van der Waals surface area contributed by atoms with Gasteiger partial charge in [-0.05, 0) is 63.9 Å². The van der Waals surface area contributed by atoms with Crippen molar-refractivity contribution in [3.63, 3.8) is 0 Å². The summed E-state index contributed by atoms with van der Waals surface area (Å²) < 4.78 is 17.3. The summed E-state index contributed by atoms with van der Waals surface area (Å²) in [6.45, 7) is 11.9. The fourth-order valence-corrected chi connectivity index (χ4v) is 2.64. The van der Waals surface area contributed by atoms with Crippen LogP contribution in [0.4, 0.5) is 0 Å². The van der Waals surface area contributed by atoms with Gasteiger partial charge in [0.1, 0.15) is 6.61 Å². The van der Waals surface area contributed by atoms with Gasteiger partial charge in [0.05, 0.1) is 12.7 Å². The normalized spacial score (nSPS) is 11.0. The van der Waals surface area contributed by atoms with Crippen molar-refractivity contribution in [3.8, 4) is 11.5 Å². The van der Waals surface area contributed by atoms with E-state index >= 15 is 0 Å². The maximum absolute atomic E-state index is 5.99. The summed E-state index contributed by atoms with van der Waals surface area (Å²) in [6, 6.07) is 14.5. The molecule has 4 heteroatoms. The Bertz CT molecular complexity index is 668. The fourth-order valence-electron chi connectivity index (χ4n) is 2.64. The molecular weight excluding hydrogens is 338 g/mol. The Balaban J connectivity index is 1.86. The smallest absolute Gasteiger partial charge is 0.161 e. The zero-order valence-electron chi connectivity index (χ0n) is 17.1. The molecule has 0 aliphatic heterocycles. The molecule has 0 unspecified atom stereocenters. The predicted octanol–water partition coefficient (Wildman–Crippen LogP) is 4.88. The van der Waals surface area contributed by atoms with Gasteiger partial charge in [0.2, 0.25) is 0 Å². The number of aryl methyl sites for hydroxylation is 1. The Morgan fingerprint density at radius 1 is 0.926 bits per heavy atom. The average Bonchev–Trinajstić information content (AvgIpc) is 2.65. The Labute approximate surface area is 163 Å². The second kappa shape index (κ2) is 11.6. The third kappa shape index (κ3) is 8.02. The summed E-state index contributed by atoms with van der Waals surface area (Å²) >= 11 is 0. The van der Waals surface area contributed by atoms with Crippen molar-refractivity contribution >= 4 is 0 Å². The van der Waals surface area contributed by atoms with E-state index in [9.17, 15) is 0 Å². The van der Waals surface area contributed by atoms with E-state index in [2.05, 4.69) is 62.5 Å². The molecule has 0 saturated heterocycles. The first-order valence-corrected chi connectivity index (χ1v) is 9.85. The molecule has 0 atom stereocenters. The Kier molecular flexibility index (Phi) is 9.16. The molecule has 0 heterocycles. The van der Waals surface area contributed by atoms with Crippen molar-refractivity contribution in [1.82, 2.24) is 5.32 Å². The quantitative estimate of drug-likeness (QED) is 0.540. The molecule has 0 aliphatic rings. The first kappa shape index (κ1) is 21.3. The highest BCUT2D eigenvalue weighted by Gasteiger charge is 2.07. The van der Waals surface area contributed by atoms with Crippen molar-refractivity contribution in [3.05, 3.63) is 59.2 Å². The third-order valence-corrected chi connectivity index (χ3v) is 4.10. The molecule has 2 aromatic carbocycles. The SMILES string of the molecule is CCOc1cc(CNCCCOC(C)C)ccc1OCc1ccc(C)cc1. The van der Waals surface area contributed by atoms with E-state index in [0.29, 0.717) is 19.3 Å². The van der Waals surface area contributed by atoms with Gasteiger partial charge in [-0.2, -0.15) is 0 Å². The lowest BCUT2D eigenvalue weighted by atomic mass is 10.1. The van der Waals surface area contributed by atoms with Crippen LogP contribution in [0.15, 0.2) is 42.5 Å². The maximum atomic E-state index is 5.99. The molecule has 0 aliphatic carbocycles. The standard InChI is InChI=1S/C23H33NO3/c1-5-25-23-15-21(16-24-13-6-14-26-18(2)3)11-12-22(23)27-17-20-9-7-19(4)8-10-20/h7-12,15,18,24H,5-6,13-14,16-17H2,1-4H3. The van der Waals surface area contributed by atoms with Crippen LogP contribution in [-0.4, -0.2) is 25.9 Å². The van der Waals surface area contributed by atoms with E-state index < -0.39 is 0 Å². The van der Waals surface area contributed by atoms with Gasteiger partial charge in [-0.1, -0.05) is 35.9 Å². The van der Waals surface area contributed by atoms with Crippen LogP contribution >= 0.6 is 0 Å². The molecule has 0 bridgehead atoms. The average molecular weight is 372 g/mol. The van der Waals surface area contributed by atoms with Crippen molar-refractivity contribution in [2.45, 2.75) is 53.4 Å². The highest BCUT2D eigenvalue weighted by molar-refractivity contribution is 5.43. The second-order valence-electron chi connectivity index (χ2n) is 6.94. The number of hydrogen-bond donors (Lipinski definition) is 1. The summed E-state index contributed by atoms with van der Waals surface area (Å²) in [7, 11) is 0. The van der Waals surface area contributed by atoms with Crippen molar-refractivity contribution in [2.75, 3.05) is 19.8 Å². The molecule has 0 aromatic heterocycles. The maximum Gasteiger partial charge on any atom is 0.161 e. The van der Waals surface area contributed by atoms with Gasteiger partial charge in [-0.15, -0.1) is 0 Å². The summed E-state index contributed by atoms with van der Waals surface area (Å²) in [4.78, 5) is 0. The molecule has 2 rings (SSSR count). The van der Waals surface area contributed by atoms with E-state index in [-0.39, 0.29) is 0 Å². The van der Waals surface area contributed by atoms with Crippen LogP contribution in [0.1, 0.15) is 43.9 Å². The summed E-state index contributed by atoms with van der Waals surface area (Å²) in [6.07, 6.45) is 1.31. The van der Waals surface area contributed by atoms with Crippen molar-refractivity contribution in [1.29, 1.82) is 0 Å². The van der Waals surface area contributed by atoms with E-state index in [1.54, 1.807) is 0 Å². The van der Waals surface area contributed by atoms with Crippen LogP contribution in [0, 0.1) is 6.92 Å². The van der Waals surface area contributed by atoms with Gasteiger partial charge in [-0.25, -0.2) is 0 Å². The third-order valence-electron chi connectivity index (χ3n) is 4.10. The summed E-state index contributed by atoms with van der Waals surface area (Å²) in [5.41, 5.74) is 3.59. The molecule has 0 radical (unpaired) electrons. The zero-order valence-corrected chi connectivity index (χ0v) is 17.1. The molecule has 0 fully saturated rings. The second-order valence-corrected chi connectivity index (χ2v) is 6.94. The van der Waals surface area contributed by atoms with E-state index in [4.69, 9.17) is 14.2 Å². The Hall–Kier alpha value is -2.04. The number of rotatable bonds is 12. The molecule has 0 amide bonds. The van der Waals surface area contributed by atoms with Crippen LogP contribution in [0.3, 0.4) is 0 Å². The van der Waals surface area contributed by atoms with Crippen molar-refractivity contribution < 1.29 is 14.2 Å². The van der Waals surface area contributed by atoms with Gasteiger partial charge in [0, 0.05) is 13.2 Å². The van der Waals surface area contributed by atoms with E-state index in [1.807, 2.05) is 13.0 Å². The van der Waals surface area contributed by atoms with Gasteiger partial charge in [-0.3, -0.25) is 0 Å². The molecule has 2 aromatic rings. The van der Waals surface area contributed by atoms with Gasteiger partial charge in [0.25, 0.3) is 0 Å². The van der Waals surface area contributed by atoms with Gasteiger partial charge < -0.3 is 19.5 Å². The summed E-state index contributed by atoms with van der Waals surface area (Å²) in [5.74, 6) is 1.58. The first-order valence-electron chi connectivity index (χ1n) is 9.85. The van der Waals surface area contributed by atoms with Crippen LogP contribution < -0.4 is 14.8 Å². The van der Waals surface area contributed by atoms with Crippen LogP contribution in [0.5, 0.6) is 11.5 Å². The fraction of sp³-hybridized carbons (Fsp3) is 0.478. The molecular formula is C23H33NO3. The zero-order chi connectivity index (χ0) is 19.5.